The van der Waals surface area contributed by atoms with Crippen LogP contribution in [0.15, 0.2) is 30.3 Å². The number of esters is 1. The molecule has 0 radical (unpaired) electrons. The summed E-state index contributed by atoms with van der Waals surface area (Å²) in [5.41, 5.74) is 0.668. The predicted octanol–water partition coefficient (Wildman–Crippen LogP) is 1.81. The summed E-state index contributed by atoms with van der Waals surface area (Å²) in [4.78, 5) is 25.8. The number of methoxy groups -OCH3 is 1. The van der Waals surface area contributed by atoms with E-state index in [4.69, 9.17) is 4.74 Å². The van der Waals surface area contributed by atoms with Crippen LogP contribution in [0.2, 0.25) is 0 Å². The van der Waals surface area contributed by atoms with E-state index in [-0.39, 0.29) is 5.91 Å². The molecule has 0 aliphatic carbocycles. The van der Waals surface area contributed by atoms with Crippen LogP contribution in [0.3, 0.4) is 0 Å². The molecule has 0 saturated carbocycles. The molecule has 1 rings (SSSR count). The third-order valence-electron chi connectivity index (χ3n) is 2.89. The van der Waals surface area contributed by atoms with Gasteiger partial charge in [-0.3, -0.25) is 9.59 Å². The highest BCUT2D eigenvalue weighted by molar-refractivity contribution is 6.03. The number of benzene rings is 1. The molecule has 0 bridgehead atoms. The van der Waals surface area contributed by atoms with Crippen LogP contribution in [0, 0.1) is 0 Å². The van der Waals surface area contributed by atoms with Gasteiger partial charge in [-0.05, 0) is 19.4 Å². The zero-order chi connectivity index (χ0) is 13.5. The Hall–Kier alpha value is -1.84. The summed E-state index contributed by atoms with van der Waals surface area (Å²) < 4.78 is 4.74. The van der Waals surface area contributed by atoms with E-state index < -0.39 is 11.9 Å². The number of carbonyl (C=O) groups is 2. The van der Waals surface area contributed by atoms with E-state index in [1.165, 1.54) is 7.11 Å². The van der Waals surface area contributed by atoms with Gasteiger partial charge < -0.3 is 9.64 Å². The SMILES string of the molecule is CCN(CC)C(=O)[C@@H](C(=O)OC)c1ccccc1. The third-order valence-corrected chi connectivity index (χ3v) is 2.89. The number of likely N-dealkylation sites (N-methyl/N-ethyl adjacent to an activating group) is 1. The van der Waals surface area contributed by atoms with Gasteiger partial charge in [0.05, 0.1) is 7.11 Å². The molecule has 0 unspecified atom stereocenters. The van der Waals surface area contributed by atoms with Crippen LogP contribution in [-0.4, -0.2) is 37.0 Å². The fraction of sp³-hybridized carbons (Fsp3) is 0.429. The lowest BCUT2D eigenvalue weighted by molar-refractivity contribution is -0.149. The number of nitrogens with zero attached hydrogens (tertiary/aromatic N) is 1. The fourth-order valence-corrected chi connectivity index (χ4v) is 1.86. The van der Waals surface area contributed by atoms with Crippen molar-refractivity contribution in [2.75, 3.05) is 20.2 Å². The van der Waals surface area contributed by atoms with Gasteiger partial charge in [0, 0.05) is 13.1 Å². The second-order valence-corrected chi connectivity index (χ2v) is 3.88. The topological polar surface area (TPSA) is 46.6 Å². The Morgan fingerprint density at radius 3 is 2.17 bits per heavy atom. The summed E-state index contributed by atoms with van der Waals surface area (Å²) in [6.45, 7) is 4.94. The van der Waals surface area contributed by atoms with Gasteiger partial charge in [0.2, 0.25) is 5.91 Å². The molecule has 18 heavy (non-hydrogen) atoms. The van der Waals surface area contributed by atoms with Gasteiger partial charge in [-0.25, -0.2) is 0 Å². The monoisotopic (exact) mass is 249 g/mol. The van der Waals surface area contributed by atoms with Crippen LogP contribution in [0.1, 0.15) is 25.3 Å². The van der Waals surface area contributed by atoms with Crippen LogP contribution in [-0.2, 0) is 14.3 Å². The van der Waals surface area contributed by atoms with Crippen molar-refractivity contribution in [3.05, 3.63) is 35.9 Å². The first kappa shape index (κ1) is 14.2. The molecule has 1 atom stereocenters. The van der Waals surface area contributed by atoms with E-state index in [2.05, 4.69) is 0 Å². The number of hydrogen-bond donors (Lipinski definition) is 0. The van der Waals surface area contributed by atoms with E-state index in [0.29, 0.717) is 18.7 Å². The summed E-state index contributed by atoms with van der Waals surface area (Å²) in [5, 5.41) is 0. The van der Waals surface area contributed by atoms with Gasteiger partial charge in [0.1, 0.15) is 0 Å². The lowest BCUT2D eigenvalue weighted by Crippen LogP contribution is -2.38. The Balaban J connectivity index is 3.07. The number of ether oxygens (including phenoxy) is 1. The average Bonchev–Trinajstić information content (AvgIpc) is 2.41. The summed E-state index contributed by atoms with van der Waals surface area (Å²) in [5.74, 6) is -1.59. The van der Waals surface area contributed by atoms with Gasteiger partial charge in [-0.1, -0.05) is 30.3 Å². The summed E-state index contributed by atoms with van der Waals surface area (Å²) in [7, 11) is 1.30. The number of rotatable bonds is 5. The van der Waals surface area contributed by atoms with Crippen molar-refractivity contribution in [1.82, 2.24) is 4.90 Å². The first-order chi connectivity index (χ1) is 8.65. The first-order valence-corrected chi connectivity index (χ1v) is 6.07. The van der Waals surface area contributed by atoms with E-state index in [9.17, 15) is 9.59 Å². The molecule has 0 heterocycles. The van der Waals surface area contributed by atoms with Crippen molar-refractivity contribution in [2.45, 2.75) is 19.8 Å². The van der Waals surface area contributed by atoms with Gasteiger partial charge >= 0.3 is 5.97 Å². The molecular weight excluding hydrogens is 230 g/mol. The second-order valence-electron chi connectivity index (χ2n) is 3.88. The number of carbonyl (C=O) groups excluding carboxylic acids is 2. The maximum atomic E-state index is 12.3. The highest BCUT2D eigenvalue weighted by Crippen LogP contribution is 2.20. The fourth-order valence-electron chi connectivity index (χ4n) is 1.86. The Bertz CT molecular complexity index is 399. The maximum Gasteiger partial charge on any atom is 0.322 e. The summed E-state index contributed by atoms with van der Waals surface area (Å²) in [6, 6.07) is 8.99. The molecule has 0 aliphatic heterocycles. The molecule has 0 saturated heterocycles. The van der Waals surface area contributed by atoms with Crippen molar-refractivity contribution >= 4 is 11.9 Å². The van der Waals surface area contributed by atoms with Gasteiger partial charge in [-0.15, -0.1) is 0 Å². The molecular formula is C14H19NO3. The second kappa shape index (κ2) is 6.79. The van der Waals surface area contributed by atoms with E-state index >= 15 is 0 Å². The van der Waals surface area contributed by atoms with Gasteiger partial charge in [0.15, 0.2) is 5.92 Å². The Kier molecular flexibility index (Phi) is 5.36. The van der Waals surface area contributed by atoms with Crippen LogP contribution in [0.25, 0.3) is 0 Å². The number of amides is 1. The standard InChI is InChI=1S/C14H19NO3/c1-4-15(5-2)13(16)12(14(17)18-3)11-9-7-6-8-10-11/h6-10,12H,4-5H2,1-3H3/t12-/m0/s1. The molecule has 0 spiro atoms. The van der Waals surface area contributed by atoms with Crippen molar-refractivity contribution < 1.29 is 14.3 Å². The smallest absolute Gasteiger partial charge is 0.322 e. The lowest BCUT2D eigenvalue weighted by Gasteiger charge is -2.23. The van der Waals surface area contributed by atoms with E-state index in [1.807, 2.05) is 19.9 Å². The van der Waals surface area contributed by atoms with Crippen LogP contribution < -0.4 is 0 Å². The Morgan fingerprint density at radius 1 is 1.17 bits per heavy atom. The summed E-state index contributed by atoms with van der Waals surface area (Å²) >= 11 is 0. The molecule has 0 aliphatic rings. The Morgan fingerprint density at radius 2 is 1.72 bits per heavy atom. The summed E-state index contributed by atoms with van der Waals surface area (Å²) in [6.07, 6.45) is 0. The predicted molar refractivity (Wildman–Crippen MR) is 69.1 cm³/mol. The Labute approximate surface area is 108 Å². The average molecular weight is 249 g/mol. The maximum absolute atomic E-state index is 12.3. The van der Waals surface area contributed by atoms with Crippen molar-refractivity contribution in [1.29, 1.82) is 0 Å². The van der Waals surface area contributed by atoms with Gasteiger partial charge in [0.25, 0.3) is 0 Å². The van der Waals surface area contributed by atoms with E-state index in [0.717, 1.165) is 0 Å². The molecule has 1 amide bonds. The molecule has 0 aromatic heterocycles. The first-order valence-electron chi connectivity index (χ1n) is 6.07. The number of hydrogen-bond acceptors (Lipinski definition) is 3. The van der Waals surface area contributed by atoms with E-state index in [1.54, 1.807) is 29.2 Å². The highest BCUT2D eigenvalue weighted by Gasteiger charge is 2.31. The quantitative estimate of drug-likeness (QED) is 0.590. The molecule has 1 aromatic carbocycles. The molecule has 98 valence electrons. The minimum atomic E-state index is -0.865. The minimum absolute atomic E-state index is 0.210. The van der Waals surface area contributed by atoms with Crippen molar-refractivity contribution in [3.8, 4) is 0 Å². The third kappa shape index (κ3) is 3.09. The highest BCUT2D eigenvalue weighted by atomic mass is 16.5. The lowest BCUT2D eigenvalue weighted by atomic mass is 9.97. The molecule has 4 nitrogen and oxygen atoms in total. The zero-order valence-electron chi connectivity index (χ0n) is 11.1. The van der Waals surface area contributed by atoms with Crippen LogP contribution >= 0.6 is 0 Å². The molecule has 0 N–H and O–H groups in total. The van der Waals surface area contributed by atoms with Gasteiger partial charge in [-0.2, -0.15) is 0 Å². The van der Waals surface area contributed by atoms with Crippen LogP contribution in [0.5, 0.6) is 0 Å². The largest absolute Gasteiger partial charge is 0.468 e. The van der Waals surface area contributed by atoms with Crippen molar-refractivity contribution in [2.24, 2.45) is 0 Å². The molecule has 1 aromatic rings. The zero-order valence-corrected chi connectivity index (χ0v) is 11.1. The molecule has 0 fully saturated rings. The normalized spacial score (nSPS) is 11.7. The molecule has 4 heteroatoms. The minimum Gasteiger partial charge on any atom is -0.468 e. The van der Waals surface area contributed by atoms with Crippen molar-refractivity contribution in [3.63, 3.8) is 0 Å². The van der Waals surface area contributed by atoms with Crippen LogP contribution in [0.4, 0.5) is 0 Å².